The highest BCUT2D eigenvalue weighted by Crippen LogP contribution is 2.77. The van der Waals surface area contributed by atoms with Crippen LogP contribution in [0.15, 0.2) is 11.1 Å². The molecule has 1 spiro atoms. The highest BCUT2D eigenvalue weighted by molar-refractivity contribution is 5.93. The fraction of sp³-hybridized carbons (Fsp3) is 0.870. The van der Waals surface area contributed by atoms with Crippen molar-refractivity contribution in [1.82, 2.24) is 0 Å². The van der Waals surface area contributed by atoms with E-state index >= 15 is 0 Å². The Labute approximate surface area is 177 Å². The van der Waals surface area contributed by atoms with E-state index in [1.807, 2.05) is 13.8 Å². The van der Waals surface area contributed by atoms with Gasteiger partial charge in [0.15, 0.2) is 0 Å². The number of ether oxygens (including phenoxy) is 5. The number of hydrogen-bond acceptors (Lipinski definition) is 7. The summed E-state index contributed by atoms with van der Waals surface area (Å²) in [6.07, 6.45) is -0.809. The first-order chi connectivity index (χ1) is 14.0. The lowest BCUT2D eigenvalue weighted by Crippen LogP contribution is -2.75. The SMILES string of the molecule is CC(C)OC1C2(C(C)C)OC2C2OC23C2(C)CC(O)C4=C(COC4=O)C2COC13C. The summed E-state index contributed by atoms with van der Waals surface area (Å²) >= 11 is 0. The molecule has 9 atom stereocenters. The van der Waals surface area contributed by atoms with Crippen LogP contribution >= 0.6 is 0 Å². The maximum Gasteiger partial charge on any atom is 0.337 e. The van der Waals surface area contributed by atoms with Crippen molar-refractivity contribution in [3.05, 3.63) is 11.1 Å². The molecule has 0 amide bonds. The zero-order chi connectivity index (χ0) is 21.4. The minimum atomic E-state index is -0.848. The van der Waals surface area contributed by atoms with E-state index in [2.05, 4.69) is 27.7 Å². The summed E-state index contributed by atoms with van der Waals surface area (Å²) in [4.78, 5) is 12.2. The Hall–Kier alpha value is -0.990. The Morgan fingerprint density at radius 3 is 2.53 bits per heavy atom. The van der Waals surface area contributed by atoms with Gasteiger partial charge in [0.25, 0.3) is 0 Å². The number of carbonyl (C=O) groups is 1. The van der Waals surface area contributed by atoms with Gasteiger partial charge in [0.1, 0.15) is 41.7 Å². The van der Waals surface area contributed by atoms with Gasteiger partial charge in [-0.05, 0) is 38.7 Å². The fourth-order valence-electron chi connectivity index (χ4n) is 7.70. The van der Waals surface area contributed by atoms with Gasteiger partial charge in [0.05, 0.1) is 24.4 Å². The molecule has 1 saturated carbocycles. The smallest absolute Gasteiger partial charge is 0.337 e. The molecule has 2 aliphatic carbocycles. The summed E-state index contributed by atoms with van der Waals surface area (Å²) < 4.78 is 31.6. The molecular formula is C23H32O7. The second-order valence-corrected chi connectivity index (χ2v) is 11.0. The van der Waals surface area contributed by atoms with Gasteiger partial charge in [-0.2, -0.15) is 0 Å². The average Bonchev–Trinajstić information content (AvgIpc) is 3.52. The Morgan fingerprint density at radius 2 is 1.87 bits per heavy atom. The van der Waals surface area contributed by atoms with Crippen LogP contribution < -0.4 is 0 Å². The van der Waals surface area contributed by atoms with Gasteiger partial charge in [0, 0.05) is 11.3 Å². The van der Waals surface area contributed by atoms with Crippen LogP contribution in [0.3, 0.4) is 0 Å². The average molecular weight is 421 g/mol. The van der Waals surface area contributed by atoms with Crippen LogP contribution in [0.4, 0.5) is 0 Å². The lowest BCUT2D eigenvalue weighted by molar-refractivity contribution is -0.272. The van der Waals surface area contributed by atoms with Crippen LogP contribution in [0.2, 0.25) is 0 Å². The van der Waals surface area contributed by atoms with Crippen LogP contribution in [-0.2, 0) is 28.5 Å². The second kappa shape index (κ2) is 5.49. The summed E-state index contributed by atoms with van der Waals surface area (Å²) in [5, 5.41) is 11.0. The molecular weight excluding hydrogens is 388 g/mol. The van der Waals surface area contributed by atoms with E-state index in [1.165, 1.54) is 0 Å². The molecule has 0 bridgehead atoms. The molecule has 0 aromatic heterocycles. The highest BCUT2D eigenvalue weighted by Gasteiger charge is 2.94. The number of cyclic esters (lactones) is 1. The molecule has 0 aromatic rings. The van der Waals surface area contributed by atoms with E-state index in [1.54, 1.807) is 0 Å². The van der Waals surface area contributed by atoms with Crippen LogP contribution in [0.1, 0.15) is 48.0 Å². The zero-order valence-corrected chi connectivity index (χ0v) is 18.6. The summed E-state index contributed by atoms with van der Waals surface area (Å²) in [6.45, 7) is 13.4. The third-order valence-corrected chi connectivity index (χ3v) is 9.07. The van der Waals surface area contributed by atoms with Crippen LogP contribution in [0.25, 0.3) is 0 Å². The maximum atomic E-state index is 12.2. The first kappa shape index (κ1) is 19.7. The van der Waals surface area contributed by atoms with Gasteiger partial charge >= 0.3 is 5.97 Å². The normalized spacial score (nSPS) is 55.5. The van der Waals surface area contributed by atoms with Gasteiger partial charge in [0.2, 0.25) is 0 Å². The van der Waals surface area contributed by atoms with Crippen molar-refractivity contribution in [3.8, 4) is 0 Å². The molecule has 1 N–H and O–H groups in total. The molecule has 30 heavy (non-hydrogen) atoms. The Morgan fingerprint density at radius 1 is 1.13 bits per heavy atom. The summed E-state index contributed by atoms with van der Waals surface area (Å²) in [6, 6.07) is 0. The molecule has 9 unspecified atom stereocenters. The van der Waals surface area contributed by atoms with E-state index < -0.39 is 34.3 Å². The molecule has 3 saturated heterocycles. The monoisotopic (exact) mass is 420 g/mol. The van der Waals surface area contributed by atoms with Crippen molar-refractivity contribution in [2.24, 2.45) is 17.3 Å². The molecule has 166 valence electrons. The van der Waals surface area contributed by atoms with Gasteiger partial charge < -0.3 is 28.8 Å². The van der Waals surface area contributed by atoms with E-state index in [0.29, 0.717) is 18.6 Å². The third-order valence-electron chi connectivity index (χ3n) is 9.07. The Kier molecular flexibility index (Phi) is 3.60. The topological polar surface area (TPSA) is 90.0 Å². The van der Waals surface area contributed by atoms with Crippen molar-refractivity contribution in [1.29, 1.82) is 0 Å². The predicted octanol–water partition coefficient (Wildman–Crippen LogP) is 1.75. The summed E-state index contributed by atoms with van der Waals surface area (Å²) in [5.74, 6) is -0.176. The van der Waals surface area contributed by atoms with Gasteiger partial charge in [-0.3, -0.25) is 0 Å². The zero-order valence-electron chi connectivity index (χ0n) is 18.6. The van der Waals surface area contributed by atoms with Crippen LogP contribution in [0, 0.1) is 17.3 Å². The van der Waals surface area contributed by atoms with Gasteiger partial charge in [-0.15, -0.1) is 0 Å². The molecule has 6 aliphatic rings. The Balaban J connectivity index is 1.49. The first-order valence-electron chi connectivity index (χ1n) is 11.3. The third kappa shape index (κ3) is 1.86. The standard InChI is InChI=1S/C23H32O7/c1-10(2)22-16(29-22)17-23(30-17)20(5)7-14(24)15-12(8-26-18(15)25)13(20)9-27-21(23,6)19(22)28-11(3)4/h10-11,13-14,16-17,19,24H,7-9H2,1-6H3. The molecule has 7 nitrogen and oxygen atoms in total. The number of hydrogen-bond donors (Lipinski definition) is 1. The second-order valence-electron chi connectivity index (χ2n) is 11.0. The van der Waals surface area contributed by atoms with Crippen LogP contribution in [0.5, 0.6) is 0 Å². The minimum Gasteiger partial charge on any atom is -0.458 e. The molecule has 7 heteroatoms. The van der Waals surface area contributed by atoms with Gasteiger partial charge in [-0.1, -0.05) is 20.8 Å². The fourth-order valence-corrected chi connectivity index (χ4v) is 7.70. The summed E-state index contributed by atoms with van der Waals surface area (Å²) in [7, 11) is 0. The van der Waals surface area contributed by atoms with E-state index in [0.717, 1.165) is 5.57 Å². The van der Waals surface area contributed by atoms with E-state index in [4.69, 9.17) is 23.7 Å². The number of carbonyl (C=O) groups excluding carboxylic acids is 1. The van der Waals surface area contributed by atoms with Crippen molar-refractivity contribution >= 4 is 5.97 Å². The molecule has 0 aromatic carbocycles. The summed E-state index contributed by atoms with van der Waals surface area (Å²) in [5.41, 5.74) is -0.866. The lowest BCUT2D eigenvalue weighted by Gasteiger charge is -2.60. The maximum absolute atomic E-state index is 12.2. The number of esters is 1. The number of aliphatic hydroxyl groups is 1. The minimum absolute atomic E-state index is 0.0147. The molecule has 4 heterocycles. The molecule has 0 radical (unpaired) electrons. The van der Waals surface area contributed by atoms with Crippen molar-refractivity contribution < 1.29 is 33.6 Å². The number of aliphatic hydroxyl groups excluding tert-OH is 1. The highest BCUT2D eigenvalue weighted by atomic mass is 16.7. The number of rotatable bonds is 3. The molecule has 6 rings (SSSR count). The molecule has 4 aliphatic heterocycles. The van der Waals surface area contributed by atoms with Crippen molar-refractivity contribution in [3.63, 3.8) is 0 Å². The number of fused-ring (bicyclic) bond motifs is 4. The lowest BCUT2D eigenvalue weighted by atomic mass is 9.48. The van der Waals surface area contributed by atoms with Gasteiger partial charge in [-0.25, -0.2) is 4.79 Å². The Bertz CT molecular complexity index is 866. The number of epoxide rings is 2. The van der Waals surface area contributed by atoms with Crippen molar-refractivity contribution in [2.45, 2.75) is 95.3 Å². The van der Waals surface area contributed by atoms with Crippen LogP contribution in [-0.4, -0.2) is 71.6 Å². The van der Waals surface area contributed by atoms with E-state index in [-0.39, 0.29) is 42.9 Å². The molecule has 4 fully saturated rings. The first-order valence-corrected chi connectivity index (χ1v) is 11.3. The van der Waals surface area contributed by atoms with Crippen molar-refractivity contribution in [2.75, 3.05) is 13.2 Å². The predicted molar refractivity (Wildman–Crippen MR) is 105 cm³/mol. The van der Waals surface area contributed by atoms with E-state index in [9.17, 15) is 9.90 Å². The quantitative estimate of drug-likeness (QED) is 0.550. The largest absolute Gasteiger partial charge is 0.458 e.